The topological polar surface area (TPSA) is 48.3 Å². The Bertz CT molecular complexity index is 376. The van der Waals surface area contributed by atoms with E-state index >= 15 is 0 Å². The Morgan fingerprint density at radius 2 is 2.25 bits per heavy atom. The Labute approximate surface area is 123 Å². The van der Waals surface area contributed by atoms with Gasteiger partial charge in [0.05, 0.1) is 11.7 Å². The van der Waals surface area contributed by atoms with Crippen LogP contribution in [0.4, 0.5) is 0 Å². The monoisotopic (exact) mass is 279 g/mol. The molecule has 114 valence electrons. The average molecular weight is 279 g/mol. The van der Waals surface area contributed by atoms with Gasteiger partial charge in [-0.15, -0.1) is 0 Å². The van der Waals surface area contributed by atoms with Gasteiger partial charge in [-0.05, 0) is 59.4 Å². The molecule has 0 aromatic rings. The fourth-order valence-corrected chi connectivity index (χ4v) is 3.32. The SMILES string of the molecule is COC1(C)CCCN(C(C)CC(C)(C#N)NC2CC2)C1. The van der Waals surface area contributed by atoms with Crippen LogP contribution in [0.1, 0.15) is 52.9 Å². The highest BCUT2D eigenvalue weighted by atomic mass is 16.5. The van der Waals surface area contributed by atoms with Gasteiger partial charge < -0.3 is 4.74 Å². The minimum atomic E-state index is -0.401. The summed E-state index contributed by atoms with van der Waals surface area (Å²) in [5.74, 6) is 0. The van der Waals surface area contributed by atoms with Gasteiger partial charge in [0, 0.05) is 25.7 Å². The molecule has 20 heavy (non-hydrogen) atoms. The number of hydrogen-bond acceptors (Lipinski definition) is 4. The zero-order valence-corrected chi connectivity index (χ0v) is 13.4. The second-order valence-electron chi connectivity index (χ2n) is 7.14. The summed E-state index contributed by atoms with van der Waals surface area (Å²) in [4.78, 5) is 2.48. The van der Waals surface area contributed by atoms with Gasteiger partial charge in [0.15, 0.2) is 0 Å². The Morgan fingerprint density at radius 3 is 2.80 bits per heavy atom. The molecule has 1 saturated heterocycles. The van der Waals surface area contributed by atoms with Crippen LogP contribution >= 0.6 is 0 Å². The van der Waals surface area contributed by atoms with Gasteiger partial charge in [-0.2, -0.15) is 5.26 Å². The molecule has 3 unspecified atom stereocenters. The molecule has 4 heteroatoms. The second kappa shape index (κ2) is 6.01. The van der Waals surface area contributed by atoms with Gasteiger partial charge in [-0.1, -0.05) is 0 Å². The maximum atomic E-state index is 9.50. The van der Waals surface area contributed by atoms with E-state index in [1.165, 1.54) is 19.3 Å². The lowest BCUT2D eigenvalue weighted by molar-refractivity contribution is -0.0615. The van der Waals surface area contributed by atoms with E-state index in [1.54, 1.807) is 0 Å². The van der Waals surface area contributed by atoms with Crippen LogP contribution in [0.25, 0.3) is 0 Å². The van der Waals surface area contributed by atoms with Crippen molar-refractivity contribution in [1.29, 1.82) is 5.26 Å². The molecule has 0 aromatic carbocycles. The van der Waals surface area contributed by atoms with Crippen molar-refractivity contribution in [3.05, 3.63) is 0 Å². The van der Waals surface area contributed by atoms with Crippen LogP contribution in [0.5, 0.6) is 0 Å². The zero-order chi connectivity index (χ0) is 14.8. The molecule has 0 bridgehead atoms. The normalized spacial score (nSPS) is 32.4. The molecule has 2 aliphatic rings. The summed E-state index contributed by atoms with van der Waals surface area (Å²) in [6.45, 7) is 8.56. The predicted molar refractivity (Wildman–Crippen MR) is 80.5 cm³/mol. The molecule has 2 fully saturated rings. The van der Waals surface area contributed by atoms with Crippen LogP contribution in [0.3, 0.4) is 0 Å². The van der Waals surface area contributed by atoms with Crippen molar-refractivity contribution in [3.8, 4) is 6.07 Å². The van der Waals surface area contributed by atoms with Crippen LogP contribution in [-0.2, 0) is 4.74 Å². The number of nitrogens with zero attached hydrogens (tertiary/aromatic N) is 2. The molecular weight excluding hydrogens is 250 g/mol. The number of nitriles is 1. The summed E-state index contributed by atoms with van der Waals surface area (Å²) < 4.78 is 5.67. The van der Waals surface area contributed by atoms with Crippen molar-refractivity contribution in [2.24, 2.45) is 0 Å². The summed E-state index contributed by atoms with van der Waals surface area (Å²) in [7, 11) is 1.81. The predicted octanol–water partition coefficient (Wildman–Crippen LogP) is 2.30. The zero-order valence-electron chi connectivity index (χ0n) is 13.4. The van der Waals surface area contributed by atoms with E-state index in [0.717, 1.165) is 25.9 Å². The Morgan fingerprint density at radius 1 is 1.55 bits per heavy atom. The Balaban J connectivity index is 1.92. The molecule has 0 spiro atoms. The number of nitrogens with one attached hydrogen (secondary N) is 1. The Hall–Kier alpha value is -0.630. The third-order valence-electron chi connectivity index (χ3n) is 4.86. The van der Waals surface area contributed by atoms with Gasteiger partial charge in [-0.25, -0.2) is 0 Å². The smallest absolute Gasteiger partial charge is 0.105 e. The first-order chi connectivity index (χ1) is 9.40. The second-order valence-corrected chi connectivity index (χ2v) is 7.14. The van der Waals surface area contributed by atoms with Crippen molar-refractivity contribution >= 4 is 0 Å². The molecule has 1 aliphatic carbocycles. The first kappa shape index (κ1) is 15.8. The highest BCUT2D eigenvalue weighted by Gasteiger charge is 2.37. The molecule has 1 heterocycles. The maximum absolute atomic E-state index is 9.50. The van der Waals surface area contributed by atoms with Gasteiger partial charge >= 0.3 is 0 Å². The molecule has 1 N–H and O–H groups in total. The first-order valence-corrected chi connectivity index (χ1v) is 7.88. The summed E-state index contributed by atoms with van der Waals surface area (Å²) in [5, 5.41) is 13.0. The van der Waals surface area contributed by atoms with E-state index in [-0.39, 0.29) is 5.60 Å². The standard InChI is InChI=1S/C16H29N3O/c1-13(10-15(2,11-17)18-14-6-7-14)19-9-5-8-16(3,12-19)20-4/h13-14,18H,5-10,12H2,1-4H3. The lowest BCUT2D eigenvalue weighted by Gasteiger charge is -2.43. The van der Waals surface area contributed by atoms with Crippen molar-refractivity contribution < 1.29 is 4.74 Å². The lowest BCUT2D eigenvalue weighted by atomic mass is 9.89. The molecular formula is C16H29N3O. The molecule has 0 amide bonds. The van der Waals surface area contributed by atoms with Gasteiger partial charge in [0.25, 0.3) is 0 Å². The largest absolute Gasteiger partial charge is 0.377 e. The number of methoxy groups -OCH3 is 1. The van der Waals surface area contributed by atoms with E-state index < -0.39 is 5.54 Å². The third kappa shape index (κ3) is 3.94. The number of ether oxygens (including phenoxy) is 1. The fourth-order valence-electron chi connectivity index (χ4n) is 3.32. The van der Waals surface area contributed by atoms with E-state index in [9.17, 15) is 5.26 Å². The summed E-state index contributed by atoms with van der Waals surface area (Å²) in [6.07, 6.45) is 5.62. The van der Waals surface area contributed by atoms with Crippen molar-refractivity contribution in [1.82, 2.24) is 10.2 Å². The molecule has 1 aliphatic heterocycles. The number of piperidine rings is 1. The van der Waals surface area contributed by atoms with E-state index in [0.29, 0.717) is 12.1 Å². The van der Waals surface area contributed by atoms with E-state index in [2.05, 4.69) is 30.1 Å². The highest BCUT2D eigenvalue weighted by molar-refractivity contribution is 5.08. The molecule has 2 rings (SSSR count). The molecule has 3 atom stereocenters. The molecule has 4 nitrogen and oxygen atoms in total. The highest BCUT2D eigenvalue weighted by Crippen LogP contribution is 2.29. The number of likely N-dealkylation sites (tertiary alicyclic amines) is 1. The minimum absolute atomic E-state index is 0.0283. The molecule has 0 aromatic heterocycles. The minimum Gasteiger partial charge on any atom is -0.377 e. The van der Waals surface area contributed by atoms with E-state index in [1.807, 2.05) is 14.0 Å². The summed E-state index contributed by atoms with van der Waals surface area (Å²) >= 11 is 0. The number of rotatable bonds is 6. The fraction of sp³-hybridized carbons (Fsp3) is 0.938. The van der Waals surface area contributed by atoms with Crippen molar-refractivity contribution in [2.45, 2.75) is 76.1 Å². The van der Waals surface area contributed by atoms with Gasteiger partial charge in [0.2, 0.25) is 0 Å². The van der Waals surface area contributed by atoms with Crippen LogP contribution in [-0.4, -0.2) is 48.3 Å². The maximum Gasteiger partial charge on any atom is 0.105 e. The van der Waals surface area contributed by atoms with Gasteiger partial charge in [-0.3, -0.25) is 10.2 Å². The Kier molecular flexibility index (Phi) is 4.73. The van der Waals surface area contributed by atoms with Crippen molar-refractivity contribution in [2.75, 3.05) is 20.2 Å². The molecule has 0 radical (unpaired) electrons. The van der Waals surface area contributed by atoms with Crippen LogP contribution in [0.15, 0.2) is 0 Å². The molecule has 1 saturated carbocycles. The lowest BCUT2D eigenvalue weighted by Crippen LogP contribution is -2.54. The first-order valence-electron chi connectivity index (χ1n) is 7.88. The van der Waals surface area contributed by atoms with Gasteiger partial charge in [0.1, 0.15) is 5.54 Å². The average Bonchev–Trinajstić information content (AvgIpc) is 3.22. The van der Waals surface area contributed by atoms with Crippen LogP contribution in [0.2, 0.25) is 0 Å². The number of hydrogen-bond donors (Lipinski definition) is 1. The van der Waals surface area contributed by atoms with Crippen molar-refractivity contribution in [3.63, 3.8) is 0 Å². The van der Waals surface area contributed by atoms with Crippen LogP contribution < -0.4 is 5.32 Å². The summed E-state index contributed by atoms with van der Waals surface area (Å²) in [5.41, 5.74) is -0.430. The quantitative estimate of drug-likeness (QED) is 0.810. The third-order valence-corrected chi connectivity index (χ3v) is 4.86. The summed E-state index contributed by atoms with van der Waals surface area (Å²) in [6, 6.07) is 3.46. The van der Waals surface area contributed by atoms with E-state index in [4.69, 9.17) is 4.74 Å². The van der Waals surface area contributed by atoms with Crippen LogP contribution in [0, 0.1) is 11.3 Å².